The number of benzene rings is 1. The van der Waals surface area contributed by atoms with Crippen LogP contribution in [0.15, 0.2) is 24.3 Å². The summed E-state index contributed by atoms with van der Waals surface area (Å²) in [6.45, 7) is 0. The van der Waals surface area contributed by atoms with E-state index in [-0.39, 0.29) is 0 Å². The van der Waals surface area contributed by atoms with Crippen molar-refractivity contribution in [2.24, 2.45) is 0 Å². The molecule has 0 amide bonds. The fourth-order valence-electron chi connectivity index (χ4n) is 1.11. The second kappa shape index (κ2) is 3.96. The fourth-order valence-corrected chi connectivity index (χ4v) is 6.98. The van der Waals surface area contributed by atoms with E-state index in [0.717, 1.165) is 6.26 Å². The van der Waals surface area contributed by atoms with Gasteiger partial charge in [0, 0.05) is 0 Å². The van der Waals surface area contributed by atoms with Crippen LogP contribution in [0.25, 0.3) is 0 Å². The van der Waals surface area contributed by atoms with Crippen molar-refractivity contribution in [1.82, 2.24) is 2.94 Å². The van der Waals surface area contributed by atoms with Gasteiger partial charge in [0.15, 0.2) is 0 Å². The molecule has 2 N–H and O–H groups in total. The molecule has 15 heavy (non-hydrogen) atoms. The van der Waals surface area contributed by atoms with Crippen LogP contribution in [0, 0.1) is 8.78 Å². The summed E-state index contributed by atoms with van der Waals surface area (Å²) in [6.07, 6.45) is 1.05. The normalized spacial score (nSPS) is 22.8. The summed E-state index contributed by atoms with van der Waals surface area (Å²) < 4.78 is 30.2. The van der Waals surface area contributed by atoms with Crippen LogP contribution >= 0.6 is 20.5 Å². The Hall–Kier alpha value is -0.260. The molecule has 1 aliphatic heterocycles. The molecule has 1 heterocycles. The first-order valence-electron chi connectivity index (χ1n) is 3.96. The van der Waals surface area contributed by atoms with Crippen LogP contribution in [0.3, 0.4) is 0 Å². The molecule has 0 saturated carbocycles. The zero-order valence-electron chi connectivity index (χ0n) is 7.73. The van der Waals surface area contributed by atoms with E-state index in [4.69, 9.17) is 3.17 Å². The Labute approximate surface area is 95.1 Å². The van der Waals surface area contributed by atoms with Gasteiger partial charge in [-0.25, -0.2) is 0 Å². The molecule has 0 radical (unpaired) electrons. The molecule has 1 aromatic carbocycles. The maximum atomic E-state index is 11.3. The molecule has 0 aliphatic carbocycles. The fraction of sp³-hybridized carbons (Fsp3) is 0.143. The molecule has 1 aliphatic rings. The Morgan fingerprint density at radius 3 is 2.80 bits per heavy atom. The second-order valence-corrected chi connectivity index (χ2v) is 8.99. The Bertz CT molecular complexity index is 478. The van der Waals surface area contributed by atoms with E-state index >= 15 is 0 Å². The van der Waals surface area contributed by atoms with Crippen molar-refractivity contribution in [1.29, 1.82) is 0 Å². The minimum atomic E-state index is -3.33. The molecule has 6 nitrogen and oxygen atoms in total. The van der Waals surface area contributed by atoms with Crippen LogP contribution in [0.5, 0.6) is 0 Å². The average molecular weight is 344 g/mol. The third-order valence-electron chi connectivity index (χ3n) is 1.64. The standard InChI is InChI=1S/C7H9IN2O4S/c1-15(12,13)9-8-6-4-2-3-5-7(6)10(11)14-8/h2-5,9-10H,1H3. The predicted molar refractivity (Wildman–Crippen MR) is 62.2 cm³/mol. The zero-order valence-corrected chi connectivity index (χ0v) is 10.7. The van der Waals surface area contributed by atoms with Gasteiger partial charge in [-0.05, 0) is 0 Å². The van der Waals surface area contributed by atoms with Crippen LogP contribution < -0.4 is 8.16 Å². The van der Waals surface area contributed by atoms with E-state index < -0.39 is 35.8 Å². The Morgan fingerprint density at radius 2 is 2.13 bits per heavy atom. The molecule has 0 bridgehead atoms. The first-order chi connectivity index (χ1) is 6.97. The van der Waals surface area contributed by atoms with Crippen LogP contribution in [0.1, 0.15) is 0 Å². The summed E-state index contributed by atoms with van der Waals surface area (Å²) in [6, 6.07) is 6.85. The summed E-state index contributed by atoms with van der Waals surface area (Å²) in [5.74, 6) is 0. The number of hydrogen-bond acceptors (Lipinski definition) is 4. The van der Waals surface area contributed by atoms with Crippen molar-refractivity contribution in [3.05, 3.63) is 33.0 Å². The molecule has 1 aromatic rings. The van der Waals surface area contributed by atoms with E-state index in [9.17, 15) is 13.6 Å². The van der Waals surface area contributed by atoms with Crippen molar-refractivity contribution >= 4 is 36.2 Å². The number of nitrogens with one attached hydrogen (secondary N) is 2. The van der Waals surface area contributed by atoms with Crippen LogP contribution in [-0.4, -0.2) is 14.7 Å². The second-order valence-electron chi connectivity index (χ2n) is 2.94. The average Bonchev–Trinajstić information content (AvgIpc) is 2.42. The third kappa shape index (κ3) is 2.46. The topological polar surface area (TPSA) is 82.9 Å². The van der Waals surface area contributed by atoms with Gasteiger partial charge in [-0.15, -0.1) is 0 Å². The van der Waals surface area contributed by atoms with Gasteiger partial charge < -0.3 is 0 Å². The Balaban J connectivity index is 2.33. The van der Waals surface area contributed by atoms with Crippen LogP contribution in [-0.2, 0) is 13.2 Å². The zero-order chi connectivity index (χ0) is 11.1. The summed E-state index contributed by atoms with van der Waals surface area (Å²) >= 11 is -2.53. The first kappa shape index (κ1) is 11.2. The van der Waals surface area contributed by atoms with E-state index in [1.54, 1.807) is 24.3 Å². The van der Waals surface area contributed by atoms with Crippen molar-refractivity contribution in [3.63, 3.8) is 0 Å². The number of rotatable bonds is 2. The molecule has 0 fully saturated rings. The molecule has 0 spiro atoms. The molecule has 1 atom stereocenters. The summed E-state index contributed by atoms with van der Waals surface area (Å²) in [5.41, 5.74) is 0.471. The quantitative estimate of drug-likeness (QED) is 0.439. The summed E-state index contributed by atoms with van der Waals surface area (Å²) in [4.78, 5) is 0. The SMILES string of the molecule is CS(=O)(=O)NI1O[NH+]([O-])c2ccccc21. The molecule has 0 aromatic heterocycles. The van der Waals surface area contributed by atoms with Gasteiger partial charge in [-0.1, -0.05) is 0 Å². The maximum absolute atomic E-state index is 11.3. The monoisotopic (exact) mass is 344 g/mol. The van der Waals surface area contributed by atoms with E-state index in [1.165, 1.54) is 0 Å². The molecule has 0 saturated heterocycles. The number of sulfonamides is 1. The number of halogens is 1. The van der Waals surface area contributed by atoms with Crippen molar-refractivity contribution in [3.8, 4) is 0 Å². The van der Waals surface area contributed by atoms with E-state index in [1.807, 2.05) is 0 Å². The van der Waals surface area contributed by atoms with Gasteiger partial charge >= 0.3 is 95.3 Å². The number of fused-ring (bicyclic) bond motifs is 1. The van der Waals surface area contributed by atoms with Gasteiger partial charge in [0.1, 0.15) is 0 Å². The van der Waals surface area contributed by atoms with Gasteiger partial charge in [-0.3, -0.25) is 0 Å². The summed E-state index contributed by atoms with van der Waals surface area (Å²) in [5, 5.41) is 10.9. The summed E-state index contributed by atoms with van der Waals surface area (Å²) in [7, 11) is -3.33. The van der Waals surface area contributed by atoms with Gasteiger partial charge in [0.2, 0.25) is 0 Å². The third-order valence-corrected chi connectivity index (χ3v) is 8.49. The molecular formula is C7H9IN2O4S. The van der Waals surface area contributed by atoms with Crippen LogP contribution in [0.2, 0.25) is 0 Å². The van der Waals surface area contributed by atoms with Gasteiger partial charge in [0.05, 0.1) is 0 Å². The minimum absolute atomic E-state index is 0.438. The molecule has 2 rings (SSSR count). The van der Waals surface area contributed by atoms with Crippen LogP contribution in [0.4, 0.5) is 5.69 Å². The van der Waals surface area contributed by atoms with E-state index in [0.29, 0.717) is 9.26 Å². The Kier molecular flexibility index (Phi) is 2.96. The van der Waals surface area contributed by atoms with Crippen molar-refractivity contribution in [2.75, 3.05) is 6.26 Å². The number of quaternary nitrogens is 1. The first-order valence-corrected chi connectivity index (χ1v) is 8.89. The Morgan fingerprint density at radius 1 is 1.47 bits per heavy atom. The molecule has 8 heteroatoms. The molecule has 1 unspecified atom stereocenters. The van der Waals surface area contributed by atoms with Gasteiger partial charge in [-0.2, -0.15) is 0 Å². The molecular weight excluding hydrogens is 335 g/mol. The molecule has 84 valence electrons. The van der Waals surface area contributed by atoms with Crippen molar-refractivity contribution < 1.29 is 16.8 Å². The van der Waals surface area contributed by atoms with Gasteiger partial charge in [0.25, 0.3) is 0 Å². The van der Waals surface area contributed by atoms with E-state index in [2.05, 4.69) is 2.94 Å². The number of hydrogen-bond donors (Lipinski definition) is 2. The van der Waals surface area contributed by atoms with Crippen molar-refractivity contribution in [2.45, 2.75) is 0 Å². The predicted octanol–water partition coefficient (Wildman–Crippen LogP) is -0.299.